The van der Waals surface area contributed by atoms with Crippen LogP contribution >= 0.6 is 11.3 Å². The zero-order chi connectivity index (χ0) is 17.3. The van der Waals surface area contributed by atoms with E-state index in [4.69, 9.17) is 0 Å². The van der Waals surface area contributed by atoms with E-state index in [2.05, 4.69) is 46.5 Å². The first-order valence-corrected chi connectivity index (χ1v) is 8.77. The van der Waals surface area contributed by atoms with Crippen LogP contribution in [0.3, 0.4) is 0 Å². The summed E-state index contributed by atoms with van der Waals surface area (Å²) in [6.07, 6.45) is 4.17. The highest BCUT2D eigenvalue weighted by Gasteiger charge is 2.19. The number of aryl methyl sites for hydroxylation is 1. The van der Waals surface area contributed by atoms with Gasteiger partial charge in [0.05, 0.1) is 16.4 Å². The Morgan fingerprint density at radius 3 is 2.88 bits per heavy atom. The summed E-state index contributed by atoms with van der Waals surface area (Å²) in [6.45, 7) is 8.80. The van der Waals surface area contributed by atoms with Crippen molar-refractivity contribution in [3.63, 3.8) is 0 Å². The molecule has 0 saturated heterocycles. The maximum Gasteiger partial charge on any atom is 0.257 e. The number of nitrogens with zero attached hydrogens (tertiary/aromatic N) is 4. The number of hydrogen-bond donors (Lipinski definition) is 1. The van der Waals surface area contributed by atoms with E-state index in [9.17, 15) is 4.79 Å². The molecule has 3 rings (SSSR count). The first-order valence-electron chi connectivity index (χ1n) is 7.89. The van der Waals surface area contributed by atoms with E-state index >= 15 is 0 Å². The van der Waals surface area contributed by atoms with E-state index in [1.807, 2.05) is 6.92 Å². The van der Waals surface area contributed by atoms with Gasteiger partial charge in [0.15, 0.2) is 5.65 Å². The van der Waals surface area contributed by atoms with Gasteiger partial charge in [0.25, 0.3) is 5.91 Å². The second kappa shape index (κ2) is 6.32. The molecule has 0 unspecified atom stereocenters. The van der Waals surface area contributed by atoms with E-state index in [1.165, 1.54) is 0 Å². The Hall–Kier alpha value is -2.28. The molecule has 7 heteroatoms. The molecule has 6 nitrogen and oxygen atoms in total. The molecule has 0 saturated carbocycles. The zero-order valence-electron chi connectivity index (χ0n) is 14.3. The van der Waals surface area contributed by atoms with Crippen molar-refractivity contribution in [1.29, 1.82) is 0 Å². The summed E-state index contributed by atoms with van der Waals surface area (Å²) in [6, 6.07) is 1.79. The number of thiazole rings is 1. The minimum Gasteiger partial charge on any atom is -0.351 e. The van der Waals surface area contributed by atoms with Crippen LogP contribution in [-0.2, 0) is 11.8 Å². The number of aromatic nitrogens is 4. The average Bonchev–Trinajstić information content (AvgIpc) is 3.10. The van der Waals surface area contributed by atoms with E-state index in [-0.39, 0.29) is 11.3 Å². The topological polar surface area (TPSA) is 72.2 Å². The van der Waals surface area contributed by atoms with Gasteiger partial charge >= 0.3 is 0 Å². The fourth-order valence-corrected chi connectivity index (χ4v) is 3.43. The first-order chi connectivity index (χ1) is 11.4. The van der Waals surface area contributed by atoms with Gasteiger partial charge in [0, 0.05) is 36.2 Å². The highest BCUT2D eigenvalue weighted by molar-refractivity contribution is 7.09. The molecule has 0 bridgehead atoms. The molecule has 126 valence electrons. The minimum atomic E-state index is -0.145. The molecule has 0 fully saturated rings. The van der Waals surface area contributed by atoms with Gasteiger partial charge in [-0.3, -0.25) is 4.79 Å². The molecule has 0 atom stereocenters. The van der Waals surface area contributed by atoms with Crippen molar-refractivity contribution in [3.8, 4) is 0 Å². The first kappa shape index (κ1) is 16.6. The van der Waals surface area contributed by atoms with E-state index in [0.29, 0.717) is 23.4 Å². The number of carbonyl (C=O) groups excluding carboxylic acids is 1. The van der Waals surface area contributed by atoms with Gasteiger partial charge in [0.1, 0.15) is 5.56 Å². The number of fused-ring (bicyclic) bond motifs is 1. The maximum absolute atomic E-state index is 12.5. The van der Waals surface area contributed by atoms with Gasteiger partial charge in [-0.15, -0.1) is 11.3 Å². The fraction of sp³-hybridized carbons (Fsp3) is 0.412. The molecule has 3 aromatic rings. The van der Waals surface area contributed by atoms with E-state index < -0.39 is 0 Å². The van der Waals surface area contributed by atoms with Crippen LogP contribution in [0.25, 0.3) is 5.65 Å². The smallest absolute Gasteiger partial charge is 0.257 e. The van der Waals surface area contributed by atoms with Crippen LogP contribution in [-0.4, -0.2) is 32.0 Å². The summed E-state index contributed by atoms with van der Waals surface area (Å²) < 4.78 is 1.63. The molecular formula is C17H21N5OS. The molecule has 0 aliphatic heterocycles. The van der Waals surface area contributed by atoms with Crippen LogP contribution in [0.5, 0.6) is 0 Å². The van der Waals surface area contributed by atoms with Crippen LogP contribution in [0.2, 0.25) is 0 Å². The zero-order valence-corrected chi connectivity index (χ0v) is 15.1. The van der Waals surface area contributed by atoms with Crippen molar-refractivity contribution in [2.75, 3.05) is 6.54 Å². The Balaban J connectivity index is 1.65. The third-order valence-corrected chi connectivity index (χ3v) is 4.65. The van der Waals surface area contributed by atoms with Crippen LogP contribution in [0, 0.1) is 6.92 Å². The number of carbonyl (C=O) groups is 1. The van der Waals surface area contributed by atoms with Crippen molar-refractivity contribution in [2.45, 2.75) is 39.5 Å². The maximum atomic E-state index is 12.5. The average molecular weight is 343 g/mol. The standard InChI is InChI=1S/C17H21N5OS/c1-11-14(15-18-7-5-9-22(15)21-11)16(23)19-8-6-13-20-12(10-24-13)17(2,3)4/h5,7,9-10H,6,8H2,1-4H3,(H,19,23). The summed E-state index contributed by atoms with van der Waals surface area (Å²) in [4.78, 5) is 21.4. The molecule has 3 aromatic heterocycles. The Morgan fingerprint density at radius 2 is 2.17 bits per heavy atom. The van der Waals surface area contributed by atoms with Crippen LogP contribution in [0.15, 0.2) is 23.8 Å². The van der Waals surface area contributed by atoms with Crippen molar-refractivity contribution in [3.05, 3.63) is 45.8 Å². The Bertz CT molecular complexity index is 875. The quantitative estimate of drug-likeness (QED) is 0.791. The fourth-order valence-electron chi connectivity index (χ4n) is 2.40. The number of hydrogen-bond acceptors (Lipinski definition) is 5. The molecule has 0 spiro atoms. The lowest BCUT2D eigenvalue weighted by Crippen LogP contribution is -2.26. The van der Waals surface area contributed by atoms with Crippen molar-refractivity contribution >= 4 is 22.9 Å². The van der Waals surface area contributed by atoms with Gasteiger partial charge in [-0.05, 0) is 13.0 Å². The molecular weight excluding hydrogens is 322 g/mol. The van der Waals surface area contributed by atoms with Gasteiger partial charge in [-0.25, -0.2) is 14.5 Å². The van der Waals surface area contributed by atoms with Gasteiger partial charge in [-0.2, -0.15) is 5.10 Å². The lowest BCUT2D eigenvalue weighted by molar-refractivity contribution is 0.0955. The highest BCUT2D eigenvalue weighted by atomic mass is 32.1. The number of nitrogens with one attached hydrogen (secondary N) is 1. The molecule has 0 aliphatic rings. The summed E-state index contributed by atoms with van der Waals surface area (Å²) in [5, 5.41) is 10.4. The Labute approximate surface area is 145 Å². The molecule has 3 heterocycles. The van der Waals surface area contributed by atoms with Crippen molar-refractivity contribution in [1.82, 2.24) is 24.9 Å². The number of amides is 1. The molecule has 1 amide bonds. The van der Waals surface area contributed by atoms with Crippen molar-refractivity contribution in [2.24, 2.45) is 0 Å². The van der Waals surface area contributed by atoms with Gasteiger partial charge in [0.2, 0.25) is 0 Å². The largest absolute Gasteiger partial charge is 0.351 e. The lowest BCUT2D eigenvalue weighted by Gasteiger charge is -2.14. The summed E-state index contributed by atoms with van der Waals surface area (Å²) in [7, 11) is 0. The number of rotatable bonds is 4. The summed E-state index contributed by atoms with van der Waals surface area (Å²) in [5.74, 6) is -0.145. The summed E-state index contributed by atoms with van der Waals surface area (Å²) in [5.41, 5.74) is 2.94. The second-order valence-electron chi connectivity index (χ2n) is 6.73. The van der Waals surface area contributed by atoms with E-state index in [1.54, 1.807) is 34.3 Å². The monoisotopic (exact) mass is 343 g/mol. The SMILES string of the molecule is Cc1nn2cccnc2c1C(=O)NCCc1nc(C(C)(C)C)cs1. The highest BCUT2D eigenvalue weighted by Crippen LogP contribution is 2.24. The molecule has 0 aliphatic carbocycles. The molecule has 24 heavy (non-hydrogen) atoms. The van der Waals surface area contributed by atoms with Gasteiger partial charge < -0.3 is 5.32 Å². The lowest BCUT2D eigenvalue weighted by atomic mass is 9.93. The second-order valence-corrected chi connectivity index (χ2v) is 7.67. The predicted molar refractivity (Wildman–Crippen MR) is 94.6 cm³/mol. The molecule has 1 N–H and O–H groups in total. The van der Waals surface area contributed by atoms with Gasteiger partial charge in [-0.1, -0.05) is 20.8 Å². The van der Waals surface area contributed by atoms with Crippen LogP contribution in [0.1, 0.15) is 47.5 Å². The predicted octanol–water partition coefficient (Wildman–Crippen LogP) is 2.76. The molecule has 0 aromatic carbocycles. The normalized spacial score (nSPS) is 11.8. The minimum absolute atomic E-state index is 0.0534. The Kier molecular flexibility index (Phi) is 4.36. The third-order valence-electron chi connectivity index (χ3n) is 3.74. The molecule has 0 radical (unpaired) electrons. The van der Waals surface area contributed by atoms with Crippen LogP contribution < -0.4 is 5.32 Å². The summed E-state index contributed by atoms with van der Waals surface area (Å²) >= 11 is 1.64. The Morgan fingerprint density at radius 1 is 1.38 bits per heavy atom. The van der Waals surface area contributed by atoms with E-state index in [0.717, 1.165) is 17.1 Å². The van der Waals surface area contributed by atoms with Crippen LogP contribution in [0.4, 0.5) is 0 Å². The third kappa shape index (κ3) is 3.31. The van der Waals surface area contributed by atoms with Crippen molar-refractivity contribution < 1.29 is 4.79 Å².